The first-order valence-corrected chi connectivity index (χ1v) is 12.5. The zero-order valence-corrected chi connectivity index (χ0v) is 20.9. The molecule has 4 rings (SSSR count). The van der Waals surface area contributed by atoms with Crippen LogP contribution in [0.5, 0.6) is 0 Å². The second-order valence-electron chi connectivity index (χ2n) is 9.63. The van der Waals surface area contributed by atoms with E-state index in [0.29, 0.717) is 18.8 Å². The summed E-state index contributed by atoms with van der Waals surface area (Å²) in [7, 11) is 2.16. The van der Waals surface area contributed by atoms with Gasteiger partial charge in [0.2, 0.25) is 0 Å². The van der Waals surface area contributed by atoms with Crippen LogP contribution in [0.3, 0.4) is 0 Å². The van der Waals surface area contributed by atoms with Crippen molar-refractivity contribution in [3.63, 3.8) is 0 Å². The number of hydrogen-bond donors (Lipinski definition) is 1. The molecule has 1 aliphatic heterocycles. The summed E-state index contributed by atoms with van der Waals surface area (Å²) in [5, 5.41) is 8.55. The smallest absolute Gasteiger partial charge is 0.252 e. The van der Waals surface area contributed by atoms with Gasteiger partial charge < -0.3 is 15.0 Å². The van der Waals surface area contributed by atoms with Gasteiger partial charge >= 0.3 is 0 Å². The van der Waals surface area contributed by atoms with Crippen LogP contribution in [0, 0.1) is 0 Å². The largest absolute Gasteiger partial charge is 0.381 e. The minimum Gasteiger partial charge on any atom is -0.381 e. The molecule has 0 aliphatic carbocycles. The fraction of sp³-hybridized carbons (Fsp3) is 0.519. The zero-order chi connectivity index (χ0) is 24.1. The predicted molar refractivity (Wildman–Crippen MR) is 136 cm³/mol. The van der Waals surface area contributed by atoms with Crippen molar-refractivity contribution in [3.8, 4) is 11.3 Å². The summed E-state index contributed by atoms with van der Waals surface area (Å²) < 4.78 is 7.34. The zero-order valence-electron chi connectivity index (χ0n) is 20.9. The Kier molecular flexibility index (Phi) is 7.95. The van der Waals surface area contributed by atoms with Crippen LogP contribution in [0.25, 0.3) is 22.3 Å². The molecular formula is C27H37N5O2. The summed E-state index contributed by atoms with van der Waals surface area (Å²) in [6, 6.07) is 10.7. The molecule has 182 valence electrons. The minimum atomic E-state index is -0.0701. The summed E-state index contributed by atoms with van der Waals surface area (Å²) in [5.41, 5.74) is 4.42. The van der Waals surface area contributed by atoms with Gasteiger partial charge in [0.05, 0.1) is 22.8 Å². The van der Waals surface area contributed by atoms with Crippen molar-refractivity contribution in [1.82, 2.24) is 25.0 Å². The Labute approximate surface area is 202 Å². The Bertz CT molecular complexity index is 1120. The van der Waals surface area contributed by atoms with Crippen molar-refractivity contribution in [1.29, 1.82) is 0 Å². The number of pyridine rings is 1. The molecule has 1 N–H and O–H groups in total. The Morgan fingerprint density at radius 3 is 2.79 bits per heavy atom. The first-order chi connectivity index (χ1) is 16.5. The summed E-state index contributed by atoms with van der Waals surface area (Å²) in [6.07, 6.45) is 5.83. The molecule has 0 unspecified atom stereocenters. The molecule has 3 aromatic rings. The monoisotopic (exact) mass is 463 g/mol. The molecule has 7 heteroatoms. The third-order valence-electron chi connectivity index (χ3n) is 6.43. The highest BCUT2D eigenvalue weighted by Gasteiger charge is 2.22. The number of hydrogen-bond acceptors (Lipinski definition) is 5. The molecule has 0 atom stereocenters. The van der Waals surface area contributed by atoms with Gasteiger partial charge in [-0.05, 0) is 64.4 Å². The normalized spacial score (nSPS) is 14.9. The number of rotatable bonds is 9. The summed E-state index contributed by atoms with van der Waals surface area (Å²) in [5.74, 6) is -0.0701. The van der Waals surface area contributed by atoms with Crippen molar-refractivity contribution in [2.75, 3.05) is 26.8 Å². The molecule has 34 heavy (non-hydrogen) atoms. The highest BCUT2D eigenvalue weighted by Crippen LogP contribution is 2.27. The average Bonchev–Trinajstić information content (AvgIpc) is 3.27. The predicted octanol–water partition coefficient (Wildman–Crippen LogP) is 4.82. The average molecular weight is 464 g/mol. The lowest BCUT2D eigenvalue weighted by molar-refractivity contribution is 0.0697. The van der Waals surface area contributed by atoms with Crippen LogP contribution >= 0.6 is 0 Å². The van der Waals surface area contributed by atoms with E-state index in [1.165, 1.54) is 18.4 Å². The number of carbonyl (C=O) groups excluding carboxylic acids is 1. The van der Waals surface area contributed by atoms with E-state index in [0.717, 1.165) is 48.2 Å². The molecule has 3 heterocycles. The van der Waals surface area contributed by atoms with Gasteiger partial charge in [0.15, 0.2) is 5.65 Å². The Hall–Kier alpha value is -2.77. The molecular weight excluding hydrogens is 426 g/mol. The molecule has 2 aromatic heterocycles. The van der Waals surface area contributed by atoms with Gasteiger partial charge in [0, 0.05) is 37.4 Å². The van der Waals surface area contributed by atoms with Gasteiger partial charge in [0.25, 0.3) is 5.91 Å². The standard InChI is InChI=1S/C27H37N5O2/c1-5-6-12-31(4)18-20-8-7-9-21(15-20)25-16-23(27(33)29-22-10-13-34-14-11-22)24-17-28-32(19(2)3)26(24)30-25/h7-9,15-17,19,22H,5-6,10-14,18H2,1-4H3,(H,29,33). The molecule has 0 radical (unpaired) electrons. The maximum atomic E-state index is 13.4. The third-order valence-corrected chi connectivity index (χ3v) is 6.43. The number of nitrogens with zero attached hydrogens (tertiary/aromatic N) is 4. The van der Waals surface area contributed by atoms with E-state index in [9.17, 15) is 4.79 Å². The molecule has 1 aromatic carbocycles. The van der Waals surface area contributed by atoms with Gasteiger partial charge in [-0.2, -0.15) is 5.10 Å². The number of fused-ring (bicyclic) bond motifs is 1. The summed E-state index contributed by atoms with van der Waals surface area (Å²) >= 11 is 0. The van der Waals surface area contributed by atoms with Crippen LogP contribution in [-0.2, 0) is 11.3 Å². The van der Waals surface area contributed by atoms with Gasteiger partial charge in [-0.3, -0.25) is 4.79 Å². The number of nitrogens with one attached hydrogen (secondary N) is 1. The number of amides is 1. The quantitative estimate of drug-likeness (QED) is 0.493. The molecule has 1 saturated heterocycles. The first-order valence-electron chi connectivity index (χ1n) is 12.5. The number of aromatic nitrogens is 3. The van der Waals surface area contributed by atoms with Crippen LogP contribution in [-0.4, -0.2) is 58.4 Å². The lowest BCUT2D eigenvalue weighted by Gasteiger charge is -2.23. The second kappa shape index (κ2) is 11.1. The molecule has 0 saturated carbocycles. The van der Waals surface area contributed by atoms with Gasteiger partial charge in [0.1, 0.15) is 0 Å². The Morgan fingerprint density at radius 2 is 2.06 bits per heavy atom. The molecule has 0 bridgehead atoms. The van der Waals surface area contributed by atoms with E-state index in [-0.39, 0.29) is 18.0 Å². The van der Waals surface area contributed by atoms with Crippen molar-refractivity contribution in [2.45, 2.75) is 65.1 Å². The van der Waals surface area contributed by atoms with Gasteiger partial charge in [-0.25, -0.2) is 9.67 Å². The van der Waals surface area contributed by atoms with Crippen molar-refractivity contribution in [3.05, 3.63) is 47.7 Å². The fourth-order valence-corrected chi connectivity index (χ4v) is 4.48. The second-order valence-corrected chi connectivity index (χ2v) is 9.63. The van der Waals surface area contributed by atoms with Crippen molar-refractivity contribution >= 4 is 16.9 Å². The SMILES string of the molecule is CCCCN(C)Cc1cccc(-c2cc(C(=O)NC3CCOCC3)c3cnn(C(C)C)c3n2)c1. The fourth-order valence-electron chi connectivity index (χ4n) is 4.48. The number of carbonyl (C=O) groups is 1. The van der Waals surface area contributed by atoms with Gasteiger partial charge in [-0.1, -0.05) is 31.5 Å². The maximum Gasteiger partial charge on any atom is 0.252 e. The highest BCUT2D eigenvalue weighted by molar-refractivity contribution is 6.06. The van der Waals surface area contributed by atoms with E-state index < -0.39 is 0 Å². The Balaban J connectivity index is 1.69. The van der Waals surface area contributed by atoms with Crippen LogP contribution in [0.4, 0.5) is 0 Å². The minimum absolute atomic E-state index is 0.0701. The number of ether oxygens (including phenoxy) is 1. The van der Waals surface area contributed by atoms with E-state index in [1.807, 2.05) is 10.7 Å². The number of benzene rings is 1. The highest BCUT2D eigenvalue weighted by atomic mass is 16.5. The molecule has 1 amide bonds. The van der Waals surface area contributed by atoms with Crippen LogP contribution in [0.2, 0.25) is 0 Å². The van der Waals surface area contributed by atoms with Crippen LogP contribution < -0.4 is 5.32 Å². The lowest BCUT2D eigenvalue weighted by Crippen LogP contribution is -2.39. The Morgan fingerprint density at radius 1 is 1.26 bits per heavy atom. The van der Waals surface area contributed by atoms with E-state index in [1.54, 1.807) is 6.20 Å². The van der Waals surface area contributed by atoms with E-state index in [2.05, 4.69) is 67.4 Å². The summed E-state index contributed by atoms with van der Waals surface area (Å²) in [6.45, 7) is 9.71. The van der Waals surface area contributed by atoms with E-state index in [4.69, 9.17) is 9.72 Å². The maximum absolute atomic E-state index is 13.4. The first kappa shape index (κ1) is 24.4. The van der Waals surface area contributed by atoms with Crippen LogP contribution in [0.15, 0.2) is 36.5 Å². The molecule has 1 fully saturated rings. The topological polar surface area (TPSA) is 72.3 Å². The van der Waals surface area contributed by atoms with Crippen LogP contribution in [0.1, 0.15) is 68.4 Å². The molecule has 7 nitrogen and oxygen atoms in total. The van der Waals surface area contributed by atoms with E-state index >= 15 is 0 Å². The van der Waals surface area contributed by atoms with Crippen molar-refractivity contribution < 1.29 is 9.53 Å². The molecule has 0 spiro atoms. The van der Waals surface area contributed by atoms with Crippen molar-refractivity contribution in [2.24, 2.45) is 0 Å². The lowest BCUT2D eigenvalue weighted by atomic mass is 10.0. The number of unbranched alkanes of at least 4 members (excludes halogenated alkanes) is 1. The third kappa shape index (κ3) is 5.65. The molecule has 1 aliphatic rings. The summed E-state index contributed by atoms with van der Waals surface area (Å²) in [4.78, 5) is 20.7. The van der Waals surface area contributed by atoms with Gasteiger partial charge in [-0.15, -0.1) is 0 Å².